The molecule has 2 aliphatic carbocycles. The van der Waals surface area contributed by atoms with Crippen molar-refractivity contribution in [2.24, 2.45) is 0 Å². The van der Waals surface area contributed by atoms with E-state index in [-0.39, 0.29) is 11.8 Å². The molecule has 18 aromatic carbocycles. The molecule has 2 aliphatic rings. The van der Waals surface area contributed by atoms with Crippen molar-refractivity contribution in [3.05, 3.63) is 446 Å². The van der Waals surface area contributed by atoms with Crippen molar-refractivity contribution < 1.29 is 8.83 Å². The van der Waals surface area contributed by atoms with Crippen LogP contribution in [0.4, 0.5) is 0 Å². The van der Waals surface area contributed by atoms with Crippen molar-refractivity contribution in [1.82, 2.24) is 9.13 Å². The summed E-state index contributed by atoms with van der Waals surface area (Å²) in [5.74, 6) is 0.381. The number of furan rings is 2. The molecule has 2 unspecified atom stereocenters. The van der Waals surface area contributed by atoms with E-state index < -0.39 is 0 Å². The third kappa shape index (κ3) is 10.6. The summed E-state index contributed by atoms with van der Waals surface area (Å²) in [6.45, 7) is 0. The van der Waals surface area contributed by atoms with E-state index in [1.807, 2.05) is 12.1 Å². The largest absolute Gasteiger partial charge is 0.456 e. The molecule has 4 heteroatoms. The van der Waals surface area contributed by atoms with Crippen molar-refractivity contribution in [3.63, 3.8) is 0 Å². The van der Waals surface area contributed by atoms with Gasteiger partial charge in [0.25, 0.3) is 0 Å². The van der Waals surface area contributed by atoms with Gasteiger partial charge in [-0.2, -0.15) is 0 Å². The van der Waals surface area contributed by atoms with E-state index in [2.05, 4.69) is 410 Å². The first-order chi connectivity index (χ1) is 56.5. The maximum Gasteiger partial charge on any atom is 0.160 e. The van der Waals surface area contributed by atoms with Crippen LogP contribution in [0.5, 0.6) is 0 Å². The summed E-state index contributed by atoms with van der Waals surface area (Å²) < 4.78 is 18.0. The van der Waals surface area contributed by atoms with Crippen molar-refractivity contribution >= 4 is 87.5 Å². The highest BCUT2D eigenvalue weighted by Crippen LogP contribution is 2.53. The lowest BCUT2D eigenvalue weighted by molar-refractivity contribution is 0.669. The molecule has 0 spiro atoms. The van der Waals surface area contributed by atoms with E-state index in [0.29, 0.717) is 0 Å². The summed E-state index contributed by atoms with van der Waals surface area (Å²) in [6.07, 6.45) is 0. The Kier molecular flexibility index (Phi) is 15.1. The molecule has 4 nitrogen and oxygen atoms in total. The van der Waals surface area contributed by atoms with Crippen molar-refractivity contribution in [2.75, 3.05) is 0 Å². The summed E-state index contributed by atoms with van der Waals surface area (Å²) in [6, 6.07) is 150. The van der Waals surface area contributed by atoms with Gasteiger partial charge in [0.05, 0.1) is 27.5 Å². The molecule has 532 valence electrons. The van der Waals surface area contributed by atoms with E-state index in [1.54, 1.807) is 0 Å². The molecule has 0 bridgehead atoms. The molecule has 0 N–H and O–H groups in total. The second kappa shape index (κ2) is 26.5. The van der Waals surface area contributed by atoms with Gasteiger partial charge in [0.1, 0.15) is 16.7 Å². The fraction of sp³-hybridized carbons (Fsp3) is 0.0182. The van der Waals surface area contributed by atoms with E-state index in [4.69, 9.17) is 8.83 Å². The Balaban J connectivity index is 0.000000135. The topological polar surface area (TPSA) is 36.1 Å². The lowest BCUT2D eigenvalue weighted by atomic mass is 9.88. The molecular formula is C110H70N2O2. The maximum atomic E-state index is 6.70. The number of hydrogen-bond acceptors (Lipinski definition) is 2. The molecule has 114 heavy (non-hydrogen) atoms. The molecule has 0 amide bonds. The van der Waals surface area contributed by atoms with Crippen LogP contribution >= 0.6 is 0 Å². The number of hydrogen-bond donors (Lipinski definition) is 0. The molecule has 0 saturated heterocycles. The highest BCUT2D eigenvalue weighted by molar-refractivity contribution is 6.25. The first-order valence-electron chi connectivity index (χ1n) is 39.4. The van der Waals surface area contributed by atoms with Crippen LogP contribution in [0.15, 0.2) is 421 Å². The van der Waals surface area contributed by atoms with E-state index in [1.165, 1.54) is 155 Å². The van der Waals surface area contributed by atoms with E-state index >= 15 is 0 Å². The standard InChI is InChI=1S/2C55H35NO/c1-3-11-35(12-4-1)37-19-21-39(22-20-37)53-45-17-8-7-15-43(45)49-33-40(25-29-46(49)53)41-26-32-51-50(34-41)47-30-31-48-44-16-9-10-18-52(44)57-55(48)54(47)56(51)42-27-23-38(24-28-42)36-13-5-2-6-14-36;1-3-11-35(12-4-1)37-19-21-39(22-20-37)53-44-16-8-7-15-43(44)48-33-40(25-29-45(48)53)41-26-31-50-49(34-41)46-30-32-52-54(47-17-9-10-18-51(47)57-52)55(46)56(50)42-27-23-38(24-28-42)36-13-5-2-6-14-36/h2*1-34,53H. The molecule has 22 aromatic rings. The zero-order valence-electron chi connectivity index (χ0n) is 62.1. The summed E-state index contributed by atoms with van der Waals surface area (Å²) in [5.41, 5.74) is 38.4. The van der Waals surface area contributed by atoms with Crippen LogP contribution in [0.3, 0.4) is 0 Å². The minimum absolute atomic E-state index is 0.190. The molecule has 0 fully saturated rings. The van der Waals surface area contributed by atoms with Crippen molar-refractivity contribution in [3.8, 4) is 100 Å². The average molecular weight is 1450 g/mol. The molecule has 0 aliphatic heterocycles. The highest BCUT2D eigenvalue weighted by Gasteiger charge is 2.33. The summed E-state index contributed by atoms with van der Waals surface area (Å²) in [4.78, 5) is 0. The Hall–Kier alpha value is -14.8. The Morgan fingerprint density at radius 1 is 0.193 bits per heavy atom. The Morgan fingerprint density at radius 3 is 1.02 bits per heavy atom. The quantitative estimate of drug-likeness (QED) is 0.137. The van der Waals surface area contributed by atoms with Gasteiger partial charge in [-0.3, -0.25) is 0 Å². The normalized spacial score (nSPS) is 13.4. The zero-order valence-corrected chi connectivity index (χ0v) is 62.1. The molecule has 24 rings (SSSR count). The van der Waals surface area contributed by atoms with Crippen LogP contribution in [0, 0.1) is 0 Å². The van der Waals surface area contributed by atoms with Gasteiger partial charge in [-0.1, -0.05) is 322 Å². The summed E-state index contributed by atoms with van der Waals surface area (Å²) in [5, 5.41) is 9.35. The van der Waals surface area contributed by atoms with Gasteiger partial charge in [-0.05, 0) is 213 Å². The van der Waals surface area contributed by atoms with Crippen LogP contribution in [-0.4, -0.2) is 9.13 Å². The zero-order chi connectivity index (χ0) is 74.9. The van der Waals surface area contributed by atoms with Gasteiger partial charge in [0.2, 0.25) is 0 Å². The molecule has 0 radical (unpaired) electrons. The SMILES string of the molecule is c1ccc(-c2ccc(C3c4ccccc4-c4cc(-c5ccc6c(c5)c5ccc7c8ccccc8oc7c5n6-c5ccc(-c6ccccc6)cc5)ccc43)cc2)cc1.c1ccc(-c2ccc(C3c4ccccc4-c4cc(-c5ccc6c(c5)c5ccc7oc8ccccc8c7c5n6-c5ccc(-c6ccccc6)cc5)ccc43)cc2)cc1. The minimum Gasteiger partial charge on any atom is -0.456 e. The first-order valence-corrected chi connectivity index (χ1v) is 39.4. The maximum absolute atomic E-state index is 6.70. The lowest BCUT2D eigenvalue weighted by Gasteiger charge is -2.15. The molecular weight excluding hydrogens is 1380 g/mol. The van der Waals surface area contributed by atoms with Crippen molar-refractivity contribution in [2.45, 2.75) is 11.8 Å². The Bertz CT molecular complexity index is 7530. The number of nitrogens with zero attached hydrogens (tertiary/aromatic N) is 2. The fourth-order valence-corrected chi connectivity index (χ4v) is 18.8. The third-order valence-corrected chi connectivity index (χ3v) is 24.2. The Labute approximate surface area is 659 Å². The summed E-state index contributed by atoms with van der Waals surface area (Å²) >= 11 is 0. The van der Waals surface area contributed by atoms with Crippen LogP contribution in [0.2, 0.25) is 0 Å². The predicted octanol–water partition coefficient (Wildman–Crippen LogP) is 29.7. The lowest BCUT2D eigenvalue weighted by Crippen LogP contribution is -1.99. The van der Waals surface area contributed by atoms with Gasteiger partial charge in [0, 0.05) is 60.9 Å². The minimum atomic E-state index is 0.190. The molecule has 4 heterocycles. The van der Waals surface area contributed by atoms with Gasteiger partial charge in [-0.25, -0.2) is 0 Å². The Morgan fingerprint density at radius 2 is 0.535 bits per heavy atom. The van der Waals surface area contributed by atoms with Crippen LogP contribution in [0.25, 0.3) is 188 Å². The van der Waals surface area contributed by atoms with Gasteiger partial charge in [0.15, 0.2) is 5.58 Å². The van der Waals surface area contributed by atoms with Crippen LogP contribution in [0.1, 0.15) is 45.2 Å². The van der Waals surface area contributed by atoms with E-state index in [0.717, 1.165) is 66.3 Å². The molecule has 4 aromatic heterocycles. The van der Waals surface area contributed by atoms with Gasteiger partial charge < -0.3 is 18.0 Å². The number of fused-ring (bicyclic) bond motifs is 20. The van der Waals surface area contributed by atoms with Crippen LogP contribution in [-0.2, 0) is 0 Å². The van der Waals surface area contributed by atoms with Gasteiger partial charge in [-0.15, -0.1) is 0 Å². The first kappa shape index (κ1) is 65.1. The number of rotatable bonds is 10. The number of benzene rings is 18. The van der Waals surface area contributed by atoms with Crippen LogP contribution < -0.4 is 0 Å². The second-order valence-corrected chi connectivity index (χ2v) is 30.5. The second-order valence-electron chi connectivity index (χ2n) is 30.5. The predicted molar refractivity (Wildman–Crippen MR) is 474 cm³/mol. The smallest absolute Gasteiger partial charge is 0.160 e. The monoisotopic (exact) mass is 1450 g/mol. The highest BCUT2D eigenvalue weighted by atomic mass is 16.3. The third-order valence-electron chi connectivity index (χ3n) is 24.2. The molecule has 0 saturated carbocycles. The van der Waals surface area contributed by atoms with Gasteiger partial charge >= 0.3 is 0 Å². The van der Waals surface area contributed by atoms with E-state index in [9.17, 15) is 0 Å². The summed E-state index contributed by atoms with van der Waals surface area (Å²) in [7, 11) is 0. The average Bonchev–Trinajstić information content (AvgIpc) is 1.56. The number of para-hydroxylation sites is 2. The molecule has 2 atom stereocenters. The van der Waals surface area contributed by atoms with Crippen molar-refractivity contribution in [1.29, 1.82) is 0 Å². The number of aromatic nitrogens is 2. The fourth-order valence-electron chi connectivity index (χ4n) is 18.8.